The van der Waals surface area contributed by atoms with Gasteiger partial charge in [-0.25, -0.2) is 8.42 Å². The van der Waals surface area contributed by atoms with E-state index < -0.39 is 22.5 Å². The van der Waals surface area contributed by atoms with Gasteiger partial charge in [0.2, 0.25) is 5.91 Å². The van der Waals surface area contributed by atoms with Crippen LogP contribution in [-0.4, -0.2) is 46.0 Å². The van der Waals surface area contributed by atoms with Crippen molar-refractivity contribution in [3.8, 4) is 0 Å². The number of ether oxygens (including phenoxy) is 1. The largest absolute Gasteiger partial charge is 0.376 e. The molecule has 0 bridgehead atoms. The number of hydrogen-bond acceptors (Lipinski definition) is 5. The van der Waals surface area contributed by atoms with E-state index in [1.54, 1.807) is 48.5 Å². The van der Waals surface area contributed by atoms with Crippen molar-refractivity contribution in [1.82, 2.24) is 5.32 Å². The van der Waals surface area contributed by atoms with Gasteiger partial charge in [0.1, 0.15) is 6.54 Å². The Balaban J connectivity index is 1.58. The molecule has 9 heteroatoms. The second kappa shape index (κ2) is 11.8. The Morgan fingerprint density at radius 3 is 2.29 bits per heavy atom. The van der Waals surface area contributed by atoms with Crippen LogP contribution in [-0.2, 0) is 19.6 Å². The highest BCUT2D eigenvalue weighted by Gasteiger charge is 2.28. The third kappa shape index (κ3) is 6.59. The normalized spacial score (nSPS) is 15.2. The molecule has 0 saturated carbocycles. The van der Waals surface area contributed by atoms with Gasteiger partial charge >= 0.3 is 0 Å². The van der Waals surface area contributed by atoms with Crippen LogP contribution in [0.1, 0.15) is 39.9 Å². The lowest BCUT2D eigenvalue weighted by atomic mass is 10.1. The molecule has 1 aliphatic heterocycles. The first-order valence-electron chi connectivity index (χ1n) is 12.6. The van der Waals surface area contributed by atoms with Crippen LogP contribution in [0.3, 0.4) is 0 Å². The van der Waals surface area contributed by atoms with E-state index in [2.05, 4.69) is 10.6 Å². The second-order valence-corrected chi connectivity index (χ2v) is 11.5. The van der Waals surface area contributed by atoms with Gasteiger partial charge in [-0.05, 0) is 81.1 Å². The second-order valence-electron chi connectivity index (χ2n) is 9.61. The van der Waals surface area contributed by atoms with Gasteiger partial charge in [0.25, 0.3) is 15.9 Å². The average molecular weight is 536 g/mol. The average Bonchev–Trinajstić information content (AvgIpc) is 3.39. The molecule has 200 valence electrons. The Labute approximate surface area is 224 Å². The third-order valence-electron chi connectivity index (χ3n) is 6.35. The van der Waals surface area contributed by atoms with Crippen molar-refractivity contribution in [3.63, 3.8) is 0 Å². The summed E-state index contributed by atoms with van der Waals surface area (Å²) in [6.07, 6.45) is 1.84. The quantitative estimate of drug-likeness (QED) is 0.424. The molecule has 0 aromatic heterocycles. The molecule has 3 aromatic rings. The molecular formula is C29H33N3O5S. The summed E-state index contributed by atoms with van der Waals surface area (Å²) in [7, 11) is -4.06. The van der Waals surface area contributed by atoms with Crippen LogP contribution < -0.4 is 14.9 Å². The predicted molar refractivity (Wildman–Crippen MR) is 148 cm³/mol. The summed E-state index contributed by atoms with van der Waals surface area (Å²) in [6, 6.07) is 18.6. The van der Waals surface area contributed by atoms with E-state index in [0.29, 0.717) is 24.5 Å². The summed E-state index contributed by atoms with van der Waals surface area (Å²) in [5, 5.41) is 5.61. The molecule has 0 unspecified atom stereocenters. The molecule has 38 heavy (non-hydrogen) atoms. The zero-order valence-electron chi connectivity index (χ0n) is 21.9. The number of benzene rings is 3. The summed E-state index contributed by atoms with van der Waals surface area (Å²) in [5.41, 5.74) is 3.65. The lowest BCUT2D eigenvalue weighted by Gasteiger charge is -2.25. The van der Waals surface area contributed by atoms with Gasteiger partial charge in [0.05, 0.1) is 27.9 Å². The van der Waals surface area contributed by atoms with Gasteiger partial charge in [-0.3, -0.25) is 13.9 Å². The number of rotatable bonds is 9. The van der Waals surface area contributed by atoms with Crippen LogP contribution in [0.5, 0.6) is 0 Å². The van der Waals surface area contributed by atoms with Crippen LogP contribution in [0, 0.1) is 20.8 Å². The number of anilines is 2. The fourth-order valence-corrected chi connectivity index (χ4v) is 5.87. The Morgan fingerprint density at radius 1 is 0.947 bits per heavy atom. The molecule has 1 fully saturated rings. The Hall–Kier alpha value is -3.69. The number of para-hydroxylation sites is 1. The van der Waals surface area contributed by atoms with Crippen molar-refractivity contribution >= 4 is 33.2 Å². The van der Waals surface area contributed by atoms with Crippen molar-refractivity contribution in [2.45, 2.75) is 44.6 Å². The van der Waals surface area contributed by atoms with Crippen molar-refractivity contribution in [2.24, 2.45) is 0 Å². The van der Waals surface area contributed by atoms with Gasteiger partial charge in [-0.15, -0.1) is 0 Å². The highest BCUT2D eigenvalue weighted by Crippen LogP contribution is 2.26. The van der Waals surface area contributed by atoms with Crippen LogP contribution in [0.4, 0.5) is 11.4 Å². The molecule has 8 nitrogen and oxygen atoms in total. The molecular weight excluding hydrogens is 502 g/mol. The van der Waals surface area contributed by atoms with Gasteiger partial charge in [-0.1, -0.05) is 35.9 Å². The SMILES string of the molecule is Cc1ccc(S(=O)(=O)N(CC(=O)Nc2ccccc2C(=O)NC[C@@H]2CCCO2)c2cc(C)cc(C)c2)cc1. The maximum atomic E-state index is 13.7. The number of amides is 2. The fourth-order valence-electron chi connectivity index (χ4n) is 4.46. The summed E-state index contributed by atoms with van der Waals surface area (Å²) in [5.74, 6) is -0.908. The standard InChI is InChI=1S/C29H33N3O5S/c1-20-10-12-25(13-11-20)38(35,36)32(23-16-21(2)15-22(3)17-23)19-28(33)31-27-9-5-4-8-26(27)29(34)30-18-24-7-6-14-37-24/h4-5,8-13,15-17,24H,6-7,14,18-19H2,1-3H3,(H,30,34)(H,31,33)/t24-/m0/s1. The Morgan fingerprint density at radius 2 is 1.63 bits per heavy atom. The number of nitrogens with one attached hydrogen (secondary N) is 2. The molecule has 2 N–H and O–H groups in total. The van der Waals surface area contributed by atoms with E-state index >= 15 is 0 Å². The van der Waals surface area contributed by atoms with Crippen LogP contribution in [0.15, 0.2) is 71.6 Å². The molecule has 1 heterocycles. The van der Waals surface area contributed by atoms with E-state index in [4.69, 9.17) is 4.74 Å². The highest BCUT2D eigenvalue weighted by atomic mass is 32.2. The minimum Gasteiger partial charge on any atom is -0.376 e. The summed E-state index contributed by atoms with van der Waals surface area (Å²) in [6.45, 7) is 6.23. The van der Waals surface area contributed by atoms with Crippen LogP contribution >= 0.6 is 0 Å². The number of aryl methyl sites for hydroxylation is 3. The Kier molecular flexibility index (Phi) is 8.48. The first-order valence-corrected chi connectivity index (χ1v) is 14.0. The molecule has 0 aliphatic carbocycles. The van der Waals surface area contributed by atoms with Crippen molar-refractivity contribution in [2.75, 3.05) is 29.3 Å². The van der Waals surface area contributed by atoms with E-state index in [1.165, 1.54) is 12.1 Å². The van der Waals surface area contributed by atoms with Crippen LogP contribution in [0.25, 0.3) is 0 Å². The fraction of sp³-hybridized carbons (Fsp3) is 0.310. The zero-order chi connectivity index (χ0) is 27.3. The number of carbonyl (C=O) groups is 2. The summed E-state index contributed by atoms with van der Waals surface area (Å²) >= 11 is 0. The zero-order valence-corrected chi connectivity index (χ0v) is 22.7. The molecule has 1 atom stereocenters. The van der Waals surface area contributed by atoms with E-state index in [9.17, 15) is 18.0 Å². The maximum Gasteiger partial charge on any atom is 0.264 e. The predicted octanol–water partition coefficient (Wildman–Crippen LogP) is 4.35. The molecule has 0 spiro atoms. The number of sulfonamides is 1. The number of carbonyl (C=O) groups excluding carboxylic acids is 2. The summed E-state index contributed by atoms with van der Waals surface area (Å²) in [4.78, 5) is 26.2. The summed E-state index contributed by atoms with van der Waals surface area (Å²) < 4.78 is 34.1. The highest BCUT2D eigenvalue weighted by molar-refractivity contribution is 7.92. The van der Waals surface area contributed by atoms with Crippen molar-refractivity contribution in [3.05, 3.63) is 89.0 Å². The van der Waals surface area contributed by atoms with E-state index in [-0.39, 0.29) is 22.5 Å². The van der Waals surface area contributed by atoms with E-state index in [0.717, 1.165) is 33.8 Å². The number of nitrogens with zero attached hydrogens (tertiary/aromatic N) is 1. The first-order chi connectivity index (χ1) is 18.1. The molecule has 1 aliphatic rings. The van der Waals surface area contributed by atoms with Crippen LogP contribution in [0.2, 0.25) is 0 Å². The first kappa shape index (κ1) is 27.3. The van der Waals surface area contributed by atoms with Crippen molar-refractivity contribution < 1.29 is 22.7 Å². The molecule has 0 radical (unpaired) electrons. The molecule has 3 aromatic carbocycles. The molecule has 4 rings (SSSR count). The van der Waals surface area contributed by atoms with Crippen molar-refractivity contribution in [1.29, 1.82) is 0 Å². The topological polar surface area (TPSA) is 105 Å². The van der Waals surface area contributed by atoms with Gasteiger partial charge in [0.15, 0.2) is 0 Å². The molecule has 1 saturated heterocycles. The van der Waals surface area contributed by atoms with E-state index in [1.807, 2.05) is 26.8 Å². The maximum absolute atomic E-state index is 13.7. The van der Waals surface area contributed by atoms with Gasteiger partial charge in [0, 0.05) is 13.2 Å². The van der Waals surface area contributed by atoms with Gasteiger partial charge in [-0.2, -0.15) is 0 Å². The monoisotopic (exact) mass is 535 g/mol. The minimum atomic E-state index is -4.06. The lowest BCUT2D eigenvalue weighted by Crippen LogP contribution is -2.38. The number of hydrogen-bond donors (Lipinski definition) is 2. The molecule has 2 amide bonds. The van der Waals surface area contributed by atoms with Gasteiger partial charge < -0.3 is 15.4 Å². The lowest BCUT2D eigenvalue weighted by molar-refractivity contribution is -0.114. The third-order valence-corrected chi connectivity index (χ3v) is 8.14. The minimum absolute atomic E-state index is 0.0148. The Bertz CT molecular complexity index is 1390. The smallest absolute Gasteiger partial charge is 0.264 e.